The van der Waals surface area contributed by atoms with Crippen LogP contribution in [0.2, 0.25) is 0 Å². The minimum absolute atomic E-state index is 0.137. The predicted octanol–water partition coefficient (Wildman–Crippen LogP) is 3.31. The average Bonchev–Trinajstić information content (AvgIpc) is 3.38. The number of amides is 2. The Balaban J connectivity index is 1.15. The van der Waals surface area contributed by atoms with E-state index in [0.29, 0.717) is 10.9 Å². The van der Waals surface area contributed by atoms with Crippen molar-refractivity contribution in [2.75, 3.05) is 16.9 Å². The van der Waals surface area contributed by atoms with Gasteiger partial charge in [0, 0.05) is 13.0 Å². The topological polar surface area (TPSA) is 156 Å². The summed E-state index contributed by atoms with van der Waals surface area (Å²) in [4.78, 5) is 24.7. The highest BCUT2D eigenvalue weighted by Gasteiger charge is 2.11. The van der Waals surface area contributed by atoms with Crippen LogP contribution in [-0.2, 0) is 51.8 Å². The summed E-state index contributed by atoms with van der Waals surface area (Å²) in [6.45, 7) is 0.166. The van der Waals surface area contributed by atoms with Crippen molar-refractivity contribution in [3.8, 4) is 0 Å². The first-order valence-corrected chi connectivity index (χ1v) is 15.7. The standard InChI is InChI=1S/C28H31N7O4S2/c1-41(38,39)29-19-22-11-7-10-21(16-22)18-26(37)31-28-35-34-27(40-28)13-6-5-12-23-14-15-24(33-32-23)30-25(36)17-20-8-3-2-4-9-20/h2-4,7-11,14-16,29H,5-6,12-13,17-19H2,1H3,(H,30,33,36)(H,31,35,37). The largest absolute Gasteiger partial charge is 0.309 e. The zero-order chi connectivity index (χ0) is 29.1. The number of carbonyl (C=O) groups excluding carboxylic acids is 2. The molecule has 0 bridgehead atoms. The Hall–Kier alpha value is -4.07. The normalized spacial score (nSPS) is 11.2. The molecule has 0 aliphatic heterocycles. The van der Waals surface area contributed by atoms with Crippen molar-refractivity contribution < 1.29 is 18.0 Å². The average molecular weight is 594 g/mol. The molecule has 214 valence electrons. The van der Waals surface area contributed by atoms with Gasteiger partial charge in [0.15, 0.2) is 5.82 Å². The number of nitrogens with zero attached hydrogens (tertiary/aromatic N) is 4. The minimum atomic E-state index is -3.29. The van der Waals surface area contributed by atoms with E-state index < -0.39 is 10.0 Å². The molecule has 0 aliphatic carbocycles. The zero-order valence-electron chi connectivity index (χ0n) is 22.5. The predicted molar refractivity (Wildman–Crippen MR) is 158 cm³/mol. The number of aromatic nitrogens is 4. The van der Waals surface area contributed by atoms with Crippen LogP contribution in [0.15, 0.2) is 66.7 Å². The first-order chi connectivity index (χ1) is 19.7. The van der Waals surface area contributed by atoms with Crippen LogP contribution < -0.4 is 15.4 Å². The second-order valence-corrected chi connectivity index (χ2v) is 12.4. The van der Waals surface area contributed by atoms with Gasteiger partial charge in [-0.25, -0.2) is 13.1 Å². The van der Waals surface area contributed by atoms with Crippen molar-refractivity contribution in [3.63, 3.8) is 0 Å². The molecule has 3 N–H and O–H groups in total. The van der Waals surface area contributed by atoms with Gasteiger partial charge in [-0.05, 0) is 48.1 Å². The quantitative estimate of drug-likeness (QED) is 0.188. The molecular formula is C28H31N7O4S2. The SMILES string of the molecule is CS(=O)(=O)NCc1cccc(CC(=O)Nc2nnc(CCCCc3ccc(NC(=O)Cc4ccccc4)nn3)s2)c1. The maximum atomic E-state index is 12.5. The molecule has 2 aromatic heterocycles. The zero-order valence-corrected chi connectivity index (χ0v) is 24.2. The van der Waals surface area contributed by atoms with Gasteiger partial charge in [0.1, 0.15) is 5.01 Å². The fourth-order valence-electron chi connectivity index (χ4n) is 3.93. The Morgan fingerprint density at radius 2 is 1.46 bits per heavy atom. The van der Waals surface area contributed by atoms with E-state index in [0.717, 1.165) is 59.3 Å². The number of sulfonamides is 1. The lowest BCUT2D eigenvalue weighted by atomic mass is 10.1. The summed E-state index contributed by atoms with van der Waals surface area (Å²) in [6, 6.07) is 20.3. The number of hydrogen-bond donors (Lipinski definition) is 3. The molecule has 4 aromatic rings. The lowest BCUT2D eigenvalue weighted by Crippen LogP contribution is -2.21. The molecule has 0 atom stereocenters. The van der Waals surface area contributed by atoms with E-state index in [1.165, 1.54) is 11.3 Å². The molecule has 2 aromatic carbocycles. The van der Waals surface area contributed by atoms with E-state index in [-0.39, 0.29) is 31.2 Å². The first kappa shape index (κ1) is 29.9. The van der Waals surface area contributed by atoms with E-state index >= 15 is 0 Å². The number of anilines is 2. The summed E-state index contributed by atoms with van der Waals surface area (Å²) in [7, 11) is -3.29. The van der Waals surface area contributed by atoms with Crippen molar-refractivity contribution in [3.05, 3.63) is 94.1 Å². The van der Waals surface area contributed by atoms with E-state index in [1.807, 2.05) is 42.5 Å². The number of unbranched alkanes of at least 4 members (excludes halogenated alkanes) is 1. The second-order valence-electron chi connectivity index (χ2n) is 9.47. The molecule has 0 radical (unpaired) electrons. The molecule has 13 heteroatoms. The third kappa shape index (κ3) is 10.8. The Labute approximate surface area is 242 Å². The van der Waals surface area contributed by atoms with Crippen LogP contribution in [0.3, 0.4) is 0 Å². The Bertz CT molecular complexity index is 1560. The number of benzene rings is 2. The summed E-state index contributed by atoms with van der Waals surface area (Å²) >= 11 is 1.34. The third-order valence-electron chi connectivity index (χ3n) is 5.88. The van der Waals surface area contributed by atoms with Crippen LogP contribution in [0.25, 0.3) is 0 Å². The van der Waals surface area contributed by atoms with Gasteiger partial charge < -0.3 is 10.6 Å². The highest BCUT2D eigenvalue weighted by atomic mass is 32.2. The molecule has 0 unspecified atom stereocenters. The van der Waals surface area contributed by atoms with Crippen LogP contribution in [0, 0.1) is 0 Å². The van der Waals surface area contributed by atoms with Crippen LogP contribution in [0.1, 0.15) is 40.2 Å². The highest BCUT2D eigenvalue weighted by Crippen LogP contribution is 2.18. The van der Waals surface area contributed by atoms with Gasteiger partial charge in [0.2, 0.25) is 27.0 Å². The Morgan fingerprint density at radius 1 is 0.756 bits per heavy atom. The lowest BCUT2D eigenvalue weighted by Gasteiger charge is -2.06. The number of aryl methyl sites for hydroxylation is 2. The first-order valence-electron chi connectivity index (χ1n) is 13.0. The fraction of sp³-hybridized carbons (Fsp3) is 0.286. The van der Waals surface area contributed by atoms with Crippen molar-refractivity contribution >= 4 is 44.1 Å². The van der Waals surface area contributed by atoms with Crippen LogP contribution in [-0.4, -0.2) is 46.9 Å². The molecule has 0 aliphatic rings. The summed E-state index contributed by atoms with van der Waals surface area (Å²) in [5, 5.41) is 23.4. The molecule has 41 heavy (non-hydrogen) atoms. The molecule has 0 spiro atoms. The monoisotopic (exact) mass is 593 g/mol. The summed E-state index contributed by atoms with van der Waals surface area (Å²) in [5.41, 5.74) is 3.31. The molecule has 0 saturated carbocycles. The van der Waals surface area contributed by atoms with Crippen molar-refractivity contribution in [2.24, 2.45) is 0 Å². The minimum Gasteiger partial charge on any atom is -0.309 e. The van der Waals surface area contributed by atoms with E-state index in [4.69, 9.17) is 0 Å². The summed E-state index contributed by atoms with van der Waals surface area (Å²) < 4.78 is 25.0. The molecule has 0 fully saturated rings. The van der Waals surface area contributed by atoms with Gasteiger partial charge in [-0.3, -0.25) is 9.59 Å². The third-order valence-corrected chi connectivity index (χ3v) is 7.44. The maximum absolute atomic E-state index is 12.5. The van der Waals surface area contributed by atoms with Crippen LogP contribution >= 0.6 is 11.3 Å². The van der Waals surface area contributed by atoms with E-state index in [9.17, 15) is 18.0 Å². The number of nitrogens with one attached hydrogen (secondary N) is 3. The highest BCUT2D eigenvalue weighted by molar-refractivity contribution is 7.88. The van der Waals surface area contributed by atoms with Gasteiger partial charge in [-0.15, -0.1) is 15.3 Å². The molecule has 0 saturated heterocycles. The van der Waals surface area contributed by atoms with Crippen LogP contribution in [0.5, 0.6) is 0 Å². The Kier molecular flexibility index (Phi) is 10.6. The van der Waals surface area contributed by atoms with Gasteiger partial charge in [0.05, 0.1) is 24.8 Å². The van der Waals surface area contributed by atoms with E-state index in [2.05, 4.69) is 35.8 Å². The Morgan fingerprint density at radius 3 is 2.22 bits per heavy atom. The van der Waals surface area contributed by atoms with Crippen LogP contribution in [0.4, 0.5) is 10.9 Å². The van der Waals surface area contributed by atoms with E-state index in [1.54, 1.807) is 24.3 Å². The fourth-order valence-corrected chi connectivity index (χ4v) is 5.16. The maximum Gasteiger partial charge on any atom is 0.230 e. The second kappa shape index (κ2) is 14.5. The number of hydrogen-bond acceptors (Lipinski definition) is 9. The van der Waals surface area contributed by atoms with Gasteiger partial charge in [-0.2, -0.15) is 5.10 Å². The van der Waals surface area contributed by atoms with Gasteiger partial charge in [0.25, 0.3) is 0 Å². The van der Waals surface area contributed by atoms with Gasteiger partial charge in [-0.1, -0.05) is 65.9 Å². The molecule has 2 amide bonds. The lowest BCUT2D eigenvalue weighted by molar-refractivity contribution is -0.116. The summed E-state index contributed by atoms with van der Waals surface area (Å²) in [5.74, 6) is 0.0635. The molecule has 2 heterocycles. The van der Waals surface area contributed by atoms with Crippen molar-refractivity contribution in [2.45, 2.75) is 45.1 Å². The number of carbonyl (C=O) groups is 2. The summed E-state index contributed by atoms with van der Waals surface area (Å²) in [6.07, 6.45) is 4.73. The molecular weight excluding hydrogens is 562 g/mol. The number of rotatable bonds is 14. The van der Waals surface area contributed by atoms with Gasteiger partial charge >= 0.3 is 0 Å². The van der Waals surface area contributed by atoms with Crippen molar-refractivity contribution in [1.82, 2.24) is 25.1 Å². The smallest absolute Gasteiger partial charge is 0.230 e. The van der Waals surface area contributed by atoms with Crippen molar-refractivity contribution in [1.29, 1.82) is 0 Å². The molecule has 4 rings (SSSR count). The molecule has 11 nitrogen and oxygen atoms in total.